The number of benzene rings is 1. The van der Waals surface area contributed by atoms with Gasteiger partial charge in [0.05, 0.1) is 23.7 Å². The quantitative estimate of drug-likeness (QED) is 0.499. The second kappa shape index (κ2) is 6.03. The molecule has 0 radical (unpaired) electrons. The summed E-state index contributed by atoms with van der Waals surface area (Å²) in [6.45, 7) is 5.31. The van der Waals surface area contributed by atoms with E-state index in [9.17, 15) is 14.9 Å². The number of rotatable bonds is 2. The summed E-state index contributed by atoms with van der Waals surface area (Å²) in [5, 5.41) is 11.0. The molecule has 3 rings (SSSR count). The minimum absolute atomic E-state index is 0.0428. The molecule has 3 atom stereocenters. The molecule has 130 valence electrons. The van der Waals surface area contributed by atoms with E-state index in [2.05, 4.69) is 0 Å². The summed E-state index contributed by atoms with van der Waals surface area (Å²) < 4.78 is 11.7. The Kier molecular flexibility index (Phi) is 4.18. The minimum Gasteiger partial charge on any atom is -0.393 e. The van der Waals surface area contributed by atoms with Gasteiger partial charge in [-0.25, -0.2) is 0 Å². The number of nitrogens with two attached hydrogens (primary N) is 1. The lowest BCUT2D eigenvalue weighted by molar-refractivity contribution is -0.383. The molecule has 2 fully saturated rings. The molecule has 8 nitrogen and oxygen atoms in total. The van der Waals surface area contributed by atoms with Crippen molar-refractivity contribution in [1.29, 1.82) is 0 Å². The number of hydrogen-bond acceptors (Lipinski definition) is 6. The van der Waals surface area contributed by atoms with E-state index in [1.54, 1.807) is 4.90 Å². The van der Waals surface area contributed by atoms with Crippen LogP contribution in [0.5, 0.6) is 0 Å². The fourth-order valence-corrected chi connectivity index (χ4v) is 3.47. The molecule has 0 aromatic heterocycles. The van der Waals surface area contributed by atoms with Gasteiger partial charge < -0.3 is 20.1 Å². The number of hydrogen-bond donors (Lipinski definition) is 1. The molecule has 0 saturated carbocycles. The third-order valence-electron chi connectivity index (χ3n) is 4.77. The molecule has 0 unspecified atom stereocenters. The number of amides is 1. The molecule has 8 heteroatoms. The average Bonchev–Trinajstić information content (AvgIpc) is 2.86. The molecule has 1 aromatic rings. The molecule has 2 aliphatic rings. The van der Waals surface area contributed by atoms with Gasteiger partial charge in [-0.2, -0.15) is 0 Å². The fraction of sp³-hybridized carbons (Fsp3) is 0.562. The van der Waals surface area contributed by atoms with Crippen LogP contribution in [0.4, 0.5) is 11.4 Å². The van der Waals surface area contributed by atoms with Crippen LogP contribution >= 0.6 is 0 Å². The lowest BCUT2D eigenvalue weighted by Crippen LogP contribution is -2.59. The number of nitrogens with zero attached hydrogens (tertiary/aromatic N) is 2. The smallest absolute Gasteiger partial charge is 0.292 e. The standard InChI is InChI=1S/C16H21N3O5/c1-10-8-18(9-16(24-10)5-6-23-11(16)2)15(20)12-3-4-13(17)14(7-12)19(21)22/h3-4,7,10-11H,5-6,8-9,17H2,1-2H3/t10-,11+,16-/m1/s1. The first kappa shape index (κ1) is 16.7. The van der Waals surface area contributed by atoms with Gasteiger partial charge in [0.2, 0.25) is 0 Å². The Morgan fingerprint density at radius 1 is 1.46 bits per heavy atom. The summed E-state index contributed by atoms with van der Waals surface area (Å²) >= 11 is 0. The Morgan fingerprint density at radius 3 is 2.83 bits per heavy atom. The molecule has 1 spiro atoms. The van der Waals surface area contributed by atoms with E-state index in [4.69, 9.17) is 15.2 Å². The Balaban J connectivity index is 1.87. The van der Waals surface area contributed by atoms with Crippen LogP contribution in [0.25, 0.3) is 0 Å². The normalized spacial score (nSPS) is 29.8. The molecule has 0 bridgehead atoms. The summed E-state index contributed by atoms with van der Waals surface area (Å²) in [4.78, 5) is 25.0. The largest absolute Gasteiger partial charge is 0.393 e. The highest BCUT2D eigenvalue weighted by Crippen LogP contribution is 2.35. The number of nitrogen functional groups attached to an aromatic ring is 1. The fourth-order valence-electron chi connectivity index (χ4n) is 3.47. The Morgan fingerprint density at radius 2 is 2.21 bits per heavy atom. The van der Waals surface area contributed by atoms with E-state index >= 15 is 0 Å². The molecule has 1 amide bonds. The Hall–Kier alpha value is -2.19. The van der Waals surface area contributed by atoms with Gasteiger partial charge in [0.15, 0.2) is 0 Å². The highest BCUT2D eigenvalue weighted by Gasteiger charge is 2.48. The van der Waals surface area contributed by atoms with E-state index in [-0.39, 0.29) is 35.1 Å². The first-order chi connectivity index (χ1) is 11.3. The van der Waals surface area contributed by atoms with Gasteiger partial charge in [-0.15, -0.1) is 0 Å². The Labute approximate surface area is 139 Å². The maximum atomic E-state index is 12.8. The van der Waals surface area contributed by atoms with Gasteiger partial charge in [-0.05, 0) is 26.0 Å². The molecule has 24 heavy (non-hydrogen) atoms. The molecule has 0 aliphatic carbocycles. The molecule has 1 aromatic carbocycles. The predicted octanol–water partition coefficient (Wildman–Crippen LogP) is 1.59. The van der Waals surface area contributed by atoms with Crippen molar-refractivity contribution in [3.8, 4) is 0 Å². The summed E-state index contributed by atoms with van der Waals surface area (Å²) in [7, 11) is 0. The number of nitro benzene ring substituents is 1. The lowest BCUT2D eigenvalue weighted by atomic mass is 9.92. The van der Waals surface area contributed by atoms with Crippen LogP contribution in [-0.4, -0.2) is 53.2 Å². The lowest BCUT2D eigenvalue weighted by Gasteiger charge is -2.45. The summed E-state index contributed by atoms with van der Waals surface area (Å²) in [5.74, 6) is -0.258. The first-order valence-corrected chi connectivity index (χ1v) is 7.95. The summed E-state index contributed by atoms with van der Waals surface area (Å²) in [6.07, 6.45) is 0.497. The SMILES string of the molecule is C[C@@H]1CN(C(=O)c2ccc(N)c([N+](=O)[O-])c2)C[C@@]2(CCO[C@H]2C)O1. The van der Waals surface area contributed by atoms with Crippen molar-refractivity contribution in [2.24, 2.45) is 0 Å². The third kappa shape index (κ3) is 2.83. The highest BCUT2D eigenvalue weighted by atomic mass is 16.6. The van der Waals surface area contributed by atoms with E-state index in [0.29, 0.717) is 19.7 Å². The number of ether oxygens (including phenoxy) is 2. The number of nitro groups is 1. The van der Waals surface area contributed by atoms with Crippen LogP contribution in [0, 0.1) is 10.1 Å². The van der Waals surface area contributed by atoms with Gasteiger partial charge in [-0.3, -0.25) is 14.9 Å². The maximum absolute atomic E-state index is 12.8. The summed E-state index contributed by atoms with van der Waals surface area (Å²) in [6, 6.07) is 4.15. The van der Waals surface area contributed by atoms with Crippen molar-refractivity contribution < 1.29 is 19.2 Å². The van der Waals surface area contributed by atoms with Gasteiger partial charge in [0, 0.05) is 31.2 Å². The van der Waals surface area contributed by atoms with Crippen molar-refractivity contribution in [2.45, 2.75) is 38.1 Å². The zero-order valence-corrected chi connectivity index (χ0v) is 13.7. The van der Waals surface area contributed by atoms with Crippen molar-refractivity contribution >= 4 is 17.3 Å². The van der Waals surface area contributed by atoms with E-state index in [0.717, 1.165) is 6.42 Å². The van der Waals surface area contributed by atoms with Crippen LogP contribution in [0.2, 0.25) is 0 Å². The summed E-state index contributed by atoms with van der Waals surface area (Å²) in [5.41, 5.74) is 5.14. The second-order valence-corrected chi connectivity index (χ2v) is 6.47. The van der Waals surface area contributed by atoms with Gasteiger partial charge in [0.1, 0.15) is 11.3 Å². The van der Waals surface area contributed by atoms with Crippen LogP contribution in [-0.2, 0) is 9.47 Å². The molecule has 2 saturated heterocycles. The zero-order valence-electron chi connectivity index (χ0n) is 13.7. The first-order valence-electron chi connectivity index (χ1n) is 7.95. The predicted molar refractivity (Wildman–Crippen MR) is 86.7 cm³/mol. The van der Waals surface area contributed by atoms with Crippen molar-refractivity contribution in [3.63, 3.8) is 0 Å². The Bertz CT molecular complexity index is 680. The minimum atomic E-state index is -0.581. The maximum Gasteiger partial charge on any atom is 0.292 e. The van der Waals surface area contributed by atoms with Gasteiger partial charge >= 0.3 is 0 Å². The number of morpholine rings is 1. The topological polar surface area (TPSA) is 108 Å². The van der Waals surface area contributed by atoms with Crippen LogP contribution in [0.1, 0.15) is 30.6 Å². The average molecular weight is 335 g/mol. The third-order valence-corrected chi connectivity index (χ3v) is 4.77. The van der Waals surface area contributed by atoms with Crippen molar-refractivity contribution in [1.82, 2.24) is 4.90 Å². The number of carbonyl (C=O) groups is 1. The zero-order chi connectivity index (χ0) is 17.5. The number of carbonyl (C=O) groups excluding carboxylic acids is 1. The van der Waals surface area contributed by atoms with Gasteiger partial charge in [0.25, 0.3) is 11.6 Å². The second-order valence-electron chi connectivity index (χ2n) is 6.47. The number of anilines is 1. The molecular formula is C16H21N3O5. The van der Waals surface area contributed by atoms with Crippen LogP contribution < -0.4 is 5.73 Å². The monoisotopic (exact) mass is 335 g/mol. The molecule has 2 aliphatic heterocycles. The van der Waals surface area contributed by atoms with Crippen LogP contribution in [0.15, 0.2) is 18.2 Å². The van der Waals surface area contributed by atoms with Gasteiger partial charge in [-0.1, -0.05) is 0 Å². The van der Waals surface area contributed by atoms with E-state index in [1.807, 2.05) is 13.8 Å². The molecule has 2 heterocycles. The highest BCUT2D eigenvalue weighted by molar-refractivity contribution is 5.95. The van der Waals surface area contributed by atoms with Crippen LogP contribution in [0.3, 0.4) is 0 Å². The molecular weight excluding hydrogens is 314 g/mol. The van der Waals surface area contributed by atoms with Crippen molar-refractivity contribution in [2.75, 3.05) is 25.4 Å². The molecule has 2 N–H and O–H groups in total. The van der Waals surface area contributed by atoms with E-state index in [1.165, 1.54) is 18.2 Å². The van der Waals surface area contributed by atoms with E-state index < -0.39 is 10.5 Å². The van der Waals surface area contributed by atoms with Crippen molar-refractivity contribution in [3.05, 3.63) is 33.9 Å².